The molecule has 0 saturated carbocycles. The quantitative estimate of drug-likeness (QED) is 0.903. The first-order chi connectivity index (χ1) is 10.0. The number of hydrogen-bond acceptors (Lipinski definition) is 3. The maximum atomic E-state index is 12.3. The summed E-state index contributed by atoms with van der Waals surface area (Å²) in [7, 11) is 0. The molecule has 1 amide bonds. The van der Waals surface area contributed by atoms with E-state index in [0.29, 0.717) is 5.69 Å². The number of nitrogens with zero attached hydrogens (tertiary/aromatic N) is 1. The summed E-state index contributed by atoms with van der Waals surface area (Å²) in [6, 6.07) is 10.3. The predicted molar refractivity (Wildman–Crippen MR) is 79.7 cm³/mol. The van der Waals surface area contributed by atoms with Crippen LogP contribution in [-0.2, 0) is 0 Å². The second kappa shape index (κ2) is 6.17. The van der Waals surface area contributed by atoms with E-state index in [9.17, 15) is 9.59 Å². The second-order valence-electron chi connectivity index (χ2n) is 4.90. The van der Waals surface area contributed by atoms with Crippen molar-refractivity contribution in [2.45, 2.75) is 19.8 Å². The van der Waals surface area contributed by atoms with Gasteiger partial charge in [0.25, 0.3) is 5.91 Å². The molecule has 21 heavy (non-hydrogen) atoms. The molecule has 2 aromatic rings. The van der Waals surface area contributed by atoms with Crippen LogP contribution < -0.4 is 5.32 Å². The molecule has 108 valence electrons. The fourth-order valence-electron chi connectivity index (χ4n) is 2.05. The van der Waals surface area contributed by atoms with Gasteiger partial charge in [0, 0.05) is 11.9 Å². The summed E-state index contributed by atoms with van der Waals surface area (Å²) in [6.07, 6.45) is 1.40. The van der Waals surface area contributed by atoms with Crippen molar-refractivity contribution < 1.29 is 14.7 Å². The molecule has 0 spiro atoms. The van der Waals surface area contributed by atoms with Gasteiger partial charge in [0.05, 0.1) is 5.56 Å². The van der Waals surface area contributed by atoms with Gasteiger partial charge in [-0.1, -0.05) is 32.0 Å². The number of rotatable bonds is 4. The van der Waals surface area contributed by atoms with E-state index in [0.717, 1.165) is 5.56 Å². The molecule has 0 aliphatic rings. The minimum atomic E-state index is -1.18. The van der Waals surface area contributed by atoms with E-state index in [2.05, 4.69) is 10.3 Å². The molecule has 0 unspecified atom stereocenters. The summed E-state index contributed by atoms with van der Waals surface area (Å²) in [5.74, 6) is -1.46. The number of nitrogens with one attached hydrogen (secondary N) is 1. The highest BCUT2D eigenvalue weighted by atomic mass is 16.4. The lowest BCUT2D eigenvalue weighted by Crippen LogP contribution is -2.19. The Morgan fingerprint density at radius 3 is 2.52 bits per heavy atom. The first-order valence-electron chi connectivity index (χ1n) is 6.59. The van der Waals surface area contributed by atoms with E-state index in [1.807, 2.05) is 32.0 Å². The third-order valence-corrected chi connectivity index (χ3v) is 3.08. The van der Waals surface area contributed by atoms with Gasteiger partial charge in [-0.3, -0.25) is 9.78 Å². The van der Waals surface area contributed by atoms with Gasteiger partial charge in [0.1, 0.15) is 5.69 Å². The molecule has 0 aliphatic carbocycles. The zero-order chi connectivity index (χ0) is 15.4. The van der Waals surface area contributed by atoms with Crippen molar-refractivity contribution >= 4 is 17.6 Å². The average molecular weight is 284 g/mol. The summed E-state index contributed by atoms with van der Waals surface area (Å²) in [4.78, 5) is 27.3. The molecule has 5 heteroatoms. The van der Waals surface area contributed by atoms with Crippen LogP contribution in [0.5, 0.6) is 0 Å². The van der Waals surface area contributed by atoms with Crippen molar-refractivity contribution in [3.8, 4) is 0 Å². The van der Waals surface area contributed by atoms with Crippen LogP contribution in [0.4, 0.5) is 5.69 Å². The summed E-state index contributed by atoms with van der Waals surface area (Å²) in [5, 5.41) is 11.8. The Hall–Kier alpha value is -2.69. The number of hydrogen-bond donors (Lipinski definition) is 2. The Morgan fingerprint density at radius 2 is 1.86 bits per heavy atom. The van der Waals surface area contributed by atoms with Gasteiger partial charge >= 0.3 is 5.97 Å². The number of aromatic nitrogens is 1. The summed E-state index contributed by atoms with van der Waals surface area (Å²) in [6.45, 7) is 4.04. The zero-order valence-corrected chi connectivity index (χ0v) is 11.8. The molecule has 1 aromatic carbocycles. The lowest BCUT2D eigenvalue weighted by Gasteiger charge is -2.13. The highest BCUT2D eigenvalue weighted by molar-refractivity contribution is 6.09. The summed E-state index contributed by atoms with van der Waals surface area (Å²) >= 11 is 0. The first kappa shape index (κ1) is 14.7. The minimum Gasteiger partial charge on any atom is -0.478 e. The fourth-order valence-corrected chi connectivity index (χ4v) is 2.05. The van der Waals surface area contributed by atoms with E-state index in [1.165, 1.54) is 18.3 Å². The lowest BCUT2D eigenvalue weighted by molar-refractivity contribution is 0.0691. The molecule has 0 atom stereocenters. The van der Waals surface area contributed by atoms with Crippen LogP contribution >= 0.6 is 0 Å². The lowest BCUT2D eigenvalue weighted by atomic mass is 10.0. The van der Waals surface area contributed by atoms with Crippen LogP contribution in [-0.4, -0.2) is 22.0 Å². The van der Waals surface area contributed by atoms with Gasteiger partial charge in [-0.2, -0.15) is 0 Å². The van der Waals surface area contributed by atoms with Crippen molar-refractivity contribution in [3.63, 3.8) is 0 Å². The number of carbonyl (C=O) groups excluding carboxylic acids is 1. The molecular weight excluding hydrogens is 268 g/mol. The molecule has 2 N–H and O–H groups in total. The zero-order valence-electron chi connectivity index (χ0n) is 11.8. The first-order valence-corrected chi connectivity index (χ1v) is 6.59. The molecule has 0 aliphatic heterocycles. The van der Waals surface area contributed by atoms with E-state index < -0.39 is 11.9 Å². The van der Waals surface area contributed by atoms with Crippen molar-refractivity contribution in [1.82, 2.24) is 4.98 Å². The van der Waals surface area contributed by atoms with Crippen LogP contribution in [0.15, 0.2) is 42.6 Å². The fraction of sp³-hybridized carbons (Fsp3) is 0.188. The van der Waals surface area contributed by atoms with Gasteiger partial charge in [-0.25, -0.2) is 4.79 Å². The minimum absolute atomic E-state index is 0.0939. The maximum absolute atomic E-state index is 12.3. The van der Waals surface area contributed by atoms with Crippen LogP contribution in [0.2, 0.25) is 0 Å². The molecule has 2 rings (SSSR count). The number of amides is 1. The molecule has 0 fully saturated rings. The van der Waals surface area contributed by atoms with Crippen LogP contribution in [0, 0.1) is 0 Å². The number of anilines is 1. The van der Waals surface area contributed by atoms with Gasteiger partial charge in [0.15, 0.2) is 0 Å². The highest BCUT2D eigenvalue weighted by Crippen LogP contribution is 2.24. The SMILES string of the molecule is CC(C)c1ccccc1NC(=O)c1ncccc1C(=O)O. The summed E-state index contributed by atoms with van der Waals surface area (Å²) in [5.41, 5.74) is 1.44. The Morgan fingerprint density at radius 1 is 1.14 bits per heavy atom. The van der Waals surface area contributed by atoms with Crippen molar-refractivity contribution in [2.24, 2.45) is 0 Å². The van der Waals surface area contributed by atoms with E-state index in [1.54, 1.807) is 6.07 Å². The number of aromatic carboxylic acids is 1. The number of carbonyl (C=O) groups is 2. The molecule has 0 radical (unpaired) electrons. The second-order valence-corrected chi connectivity index (χ2v) is 4.90. The standard InChI is InChI=1S/C16H16N2O3/c1-10(2)11-6-3-4-8-13(11)18-15(19)14-12(16(20)21)7-5-9-17-14/h3-10H,1-2H3,(H,18,19)(H,20,21). The average Bonchev–Trinajstić information content (AvgIpc) is 2.47. The predicted octanol–water partition coefficient (Wildman–Crippen LogP) is 3.16. The van der Waals surface area contributed by atoms with Crippen molar-refractivity contribution in [2.75, 3.05) is 5.32 Å². The highest BCUT2D eigenvalue weighted by Gasteiger charge is 2.18. The molecule has 0 bridgehead atoms. The van der Waals surface area contributed by atoms with E-state index in [-0.39, 0.29) is 17.2 Å². The van der Waals surface area contributed by atoms with E-state index >= 15 is 0 Å². The Bertz CT molecular complexity index is 681. The normalized spacial score (nSPS) is 10.4. The maximum Gasteiger partial charge on any atom is 0.338 e. The number of carboxylic acids is 1. The third kappa shape index (κ3) is 3.25. The van der Waals surface area contributed by atoms with Crippen LogP contribution in [0.25, 0.3) is 0 Å². The van der Waals surface area contributed by atoms with Crippen molar-refractivity contribution in [3.05, 3.63) is 59.4 Å². The molecule has 1 heterocycles. The topological polar surface area (TPSA) is 79.3 Å². The number of para-hydroxylation sites is 1. The smallest absolute Gasteiger partial charge is 0.338 e. The van der Waals surface area contributed by atoms with Gasteiger partial charge in [-0.05, 0) is 29.7 Å². The number of benzene rings is 1. The number of pyridine rings is 1. The third-order valence-electron chi connectivity index (χ3n) is 3.08. The van der Waals surface area contributed by atoms with Gasteiger partial charge < -0.3 is 10.4 Å². The van der Waals surface area contributed by atoms with Crippen molar-refractivity contribution in [1.29, 1.82) is 0 Å². The monoisotopic (exact) mass is 284 g/mol. The molecular formula is C16H16N2O3. The van der Waals surface area contributed by atoms with E-state index in [4.69, 9.17) is 5.11 Å². The Balaban J connectivity index is 2.33. The summed E-state index contributed by atoms with van der Waals surface area (Å²) < 4.78 is 0. The molecule has 5 nitrogen and oxygen atoms in total. The number of carboxylic acid groups (broad SMARTS) is 1. The van der Waals surface area contributed by atoms with Gasteiger partial charge in [0.2, 0.25) is 0 Å². The molecule has 0 saturated heterocycles. The van der Waals surface area contributed by atoms with Crippen LogP contribution in [0.3, 0.4) is 0 Å². The Labute approximate surface area is 122 Å². The van der Waals surface area contributed by atoms with Crippen LogP contribution in [0.1, 0.15) is 46.2 Å². The molecule has 1 aromatic heterocycles. The largest absolute Gasteiger partial charge is 0.478 e. The van der Waals surface area contributed by atoms with Gasteiger partial charge in [-0.15, -0.1) is 0 Å². The Kier molecular flexibility index (Phi) is 4.33.